The molecule has 0 aliphatic heterocycles. The molecule has 0 aromatic heterocycles. The molecule has 0 fully saturated rings. The van der Waals surface area contributed by atoms with Gasteiger partial charge in [-0.3, -0.25) is 4.79 Å². The molecular formula is C18H12BrClO. The van der Waals surface area contributed by atoms with Crippen molar-refractivity contribution >= 4 is 44.1 Å². The molecule has 0 radical (unpaired) electrons. The summed E-state index contributed by atoms with van der Waals surface area (Å²) in [5, 5.41) is 2.66. The highest BCUT2D eigenvalue weighted by molar-refractivity contribution is 9.10. The number of fused-ring (bicyclic) bond motifs is 1. The molecule has 0 bridgehead atoms. The van der Waals surface area contributed by atoms with E-state index in [2.05, 4.69) is 15.9 Å². The van der Waals surface area contributed by atoms with Gasteiger partial charge < -0.3 is 0 Å². The van der Waals surface area contributed by atoms with Crippen LogP contribution in [0.15, 0.2) is 59.1 Å². The number of halogens is 2. The summed E-state index contributed by atoms with van der Waals surface area (Å²) in [4.78, 5) is 12.8. The first-order chi connectivity index (χ1) is 10.1. The largest absolute Gasteiger partial charge is 0.289 e. The van der Waals surface area contributed by atoms with Gasteiger partial charge in [0.25, 0.3) is 0 Å². The van der Waals surface area contributed by atoms with Crippen LogP contribution in [0.1, 0.15) is 21.5 Å². The van der Waals surface area contributed by atoms with Crippen molar-refractivity contribution < 1.29 is 4.79 Å². The first-order valence-corrected chi connectivity index (χ1v) is 7.73. The highest BCUT2D eigenvalue weighted by atomic mass is 79.9. The van der Waals surface area contributed by atoms with Gasteiger partial charge in [0.05, 0.1) is 0 Å². The van der Waals surface area contributed by atoms with Crippen LogP contribution in [-0.4, -0.2) is 5.78 Å². The van der Waals surface area contributed by atoms with Crippen molar-refractivity contribution in [3.05, 3.63) is 80.8 Å². The van der Waals surface area contributed by atoms with Crippen LogP contribution in [0.2, 0.25) is 5.02 Å². The quantitative estimate of drug-likeness (QED) is 0.529. The van der Waals surface area contributed by atoms with Gasteiger partial charge in [-0.2, -0.15) is 0 Å². The fourth-order valence-corrected chi connectivity index (χ4v) is 3.00. The Kier molecular flexibility index (Phi) is 3.83. The number of carbonyl (C=O) groups is 1. The lowest BCUT2D eigenvalue weighted by Gasteiger charge is -2.08. The SMILES string of the molecule is Cc1cc(C(=O)c2ccc(Br)c3ccccc23)ccc1Cl. The molecule has 1 nitrogen and oxygen atoms in total. The summed E-state index contributed by atoms with van der Waals surface area (Å²) in [7, 11) is 0. The molecule has 0 aliphatic rings. The fraction of sp³-hybridized carbons (Fsp3) is 0.0556. The van der Waals surface area contributed by atoms with E-state index >= 15 is 0 Å². The average molecular weight is 360 g/mol. The van der Waals surface area contributed by atoms with Crippen molar-refractivity contribution in [2.24, 2.45) is 0 Å². The van der Waals surface area contributed by atoms with Gasteiger partial charge in [0, 0.05) is 20.6 Å². The molecule has 0 aliphatic carbocycles. The minimum absolute atomic E-state index is 0.0125. The Balaban J connectivity index is 2.18. The van der Waals surface area contributed by atoms with Gasteiger partial charge in [-0.05, 0) is 53.6 Å². The number of hydrogen-bond acceptors (Lipinski definition) is 1. The minimum Gasteiger partial charge on any atom is -0.289 e. The normalized spacial score (nSPS) is 10.8. The summed E-state index contributed by atoms with van der Waals surface area (Å²) in [6.07, 6.45) is 0. The highest BCUT2D eigenvalue weighted by Gasteiger charge is 2.14. The van der Waals surface area contributed by atoms with Crippen LogP contribution in [0.4, 0.5) is 0 Å². The molecule has 0 unspecified atom stereocenters. The molecule has 0 saturated carbocycles. The molecular weight excluding hydrogens is 348 g/mol. The molecule has 0 amide bonds. The van der Waals surface area contributed by atoms with E-state index in [1.165, 1.54) is 0 Å². The number of rotatable bonds is 2. The molecule has 0 N–H and O–H groups in total. The van der Waals surface area contributed by atoms with Gasteiger partial charge in [-0.1, -0.05) is 51.8 Å². The second-order valence-electron chi connectivity index (χ2n) is 4.93. The lowest BCUT2D eigenvalue weighted by Crippen LogP contribution is -2.02. The van der Waals surface area contributed by atoms with Crippen molar-refractivity contribution in [3.8, 4) is 0 Å². The smallest absolute Gasteiger partial charge is 0.193 e. The lowest BCUT2D eigenvalue weighted by molar-refractivity contribution is 0.104. The molecule has 104 valence electrons. The number of benzene rings is 3. The van der Waals surface area contributed by atoms with Gasteiger partial charge in [0.1, 0.15) is 0 Å². The van der Waals surface area contributed by atoms with Gasteiger partial charge >= 0.3 is 0 Å². The molecule has 3 aromatic rings. The fourth-order valence-electron chi connectivity index (χ4n) is 2.40. The zero-order chi connectivity index (χ0) is 15.0. The van der Waals surface area contributed by atoms with Gasteiger partial charge in [0.2, 0.25) is 0 Å². The Morgan fingerprint density at radius 3 is 2.43 bits per heavy atom. The molecule has 21 heavy (non-hydrogen) atoms. The third kappa shape index (κ3) is 2.61. The van der Waals surface area contributed by atoms with Crippen LogP contribution in [0.25, 0.3) is 10.8 Å². The predicted octanol–water partition coefficient (Wildman–Crippen LogP) is 5.80. The number of carbonyl (C=O) groups excluding carboxylic acids is 1. The van der Waals surface area contributed by atoms with E-state index in [1.54, 1.807) is 12.1 Å². The Hall–Kier alpha value is -1.64. The standard InChI is InChI=1S/C18H12BrClO/c1-11-10-12(6-9-17(11)20)18(21)15-7-8-16(19)14-5-3-2-4-13(14)15/h2-10H,1H3. The molecule has 0 spiro atoms. The summed E-state index contributed by atoms with van der Waals surface area (Å²) in [5.41, 5.74) is 2.27. The number of ketones is 1. The van der Waals surface area contributed by atoms with Gasteiger partial charge in [-0.25, -0.2) is 0 Å². The maximum Gasteiger partial charge on any atom is 0.193 e. The topological polar surface area (TPSA) is 17.1 Å². The Morgan fingerprint density at radius 1 is 1.00 bits per heavy atom. The zero-order valence-corrected chi connectivity index (χ0v) is 13.7. The van der Waals surface area contributed by atoms with Crippen LogP contribution in [0, 0.1) is 6.92 Å². The van der Waals surface area contributed by atoms with Crippen LogP contribution in [0.5, 0.6) is 0 Å². The van der Waals surface area contributed by atoms with E-state index in [-0.39, 0.29) is 5.78 Å². The number of aryl methyl sites for hydroxylation is 1. The summed E-state index contributed by atoms with van der Waals surface area (Å²) in [6.45, 7) is 1.90. The second-order valence-corrected chi connectivity index (χ2v) is 6.20. The van der Waals surface area contributed by atoms with Crippen molar-refractivity contribution in [3.63, 3.8) is 0 Å². The second kappa shape index (κ2) is 5.63. The monoisotopic (exact) mass is 358 g/mol. The van der Waals surface area contributed by atoms with E-state index in [1.807, 2.05) is 49.4 Å². The maximum atomic E-state index is 12.8. The highest BCUT2D eigenvalue weighted by Crippen LogP contribution is 2.29. The van der Waals surface area contributed by atoms with E-state index in [0.717, 1.165) is 20.8 Å². The van der Waals surface area contributed by atoms with Crippen molar-refractivity contribution in [1.82, 2.24) is 0 Å². The molecule has 3 aromatic carbocycles. The molecule has 0 saturated heterocycles. The summed E-state index contributed by atoms with van der Waals surface area (Å²) in [6, 6.07) is 17.0. The first kappa shape index (κ1) is 14.3. The first-order valence-electron chi connectivity index (χ1n) is 6.56. The van der Waals surface area contributed by atoms with Crippen molar-refractivity contribution in [1.29, 1.82) is 0 Å². The Bertz CT molecular complexity index is 855. The van der Waals surface area contributed by atoms with Crippen LogP contribution < -0.4 is 0 Å². The van der Waals surface area contributed by atoms with Gasteiger partial charge in [0.15, 0.2) is 5.78 Å². The summed E-state index contributed by atoms with van der Waals surface area (Å²) < 4.78 is 0.988. The molecule has 3 heteroatoms. The van der Waals surface area contributed by atoms with Crippen molar-refractivity contribution in [2.75, 3.05) is 0 Å². The Labute approximate surface area is 136 Å². The Morgan fingerprint density at radius 2 is 1.71 bits per heavy atom. The molecule has 0 atom stereocenters. The van der Waals surface area contributed by atoms with E-state index in [4.69, 9.17) is 11.6 Å². The minimum atomic E-state index is 0.0125. The molecule has 0 heterocycles. The van der Waals surface area contributed by atoms with E-state index in [0.29, 0.717) is 16.1 Å². The summed E-state index contributed by atoms with van der Waals surface area (Å²) in [5.74, 6) is 0.0125. The summed E-state index contributed by atoms with van der Waals surface area (Å²) >= 11 is 9.56. The maximum absolute atomic E-state index is 12.8. The van der Waals surface area contributed by atoms with Gasteiger partial charge in [-0.15, -0.1) is 0 Å². The third-order valence-electron chi connectivity index (χ3n) is 3.54. The van der Waals surface area contributed by atoms with Crippen LogP contribution in [0.3, 0.4) is 0 Å². The lowest BCUT2D eigenvalue weighted by atomic mass is 9.96. The number of hydrogen-bond donors (Lipinski definition) is 0. The predicted molar refractivity (Wildman–Crippen MR) is 91.3 cm³/mol. The van der Waals surface area contributed by atoms with E-state index in [9.17, 15) is 4.79 Å². The zero-order valence-electron chi connectivity index (χ0n) is 11.4. The van der Waals surface area contributed by atoms with Crippen LogP contribution in [-0.2, 0) is 0 Å². The van der Waals surface area contributed by atoms with Crippen molar-refractivity contribution in [2.45, 2.75) is 6.92 Å². The third-order valence-corrected chi connectivity index (χ3v) is 4.65. The average Bonchev–Trinajstić information content (AvgIpc) is 2.50. The van der Waals surface area contributed by atoms with E-state index < -0.39 is 0 Å². The van der Waals surface area contributed by atoms with Crippen LogP contribution >= 0.6 is 27.5 Å². The molecule has 3 rings (SSSR count).